The first-order chi connectivity index (χ1) is 10.7. The van der Waals surface area contributed by atoms with E-state index < -0.39 is 58.7 Å². The largest absolute Gasteiger partial charge is 0.394 e. The molecule has 1 unspecified atom stereocenters. The monoisotopic (exact) mass is 319 g/mol. The third-order valence-electron chi connectivity index (χ3n) is 3.97. The maximum Gasteiger partial charge on any atom is 0.208 e. The van der Waals surface area contributed by atoms with Crippen LogP contribution in [0.4, 0.5) is 0 Å². The number of aliphatic hydroxyl groups is 4. The lowest BCUT2D eigenvalue weighted by atomic mass is 9.13. The molecule has 114 valence electrons. The van der Waals surface area contributed by atoms with Crippen LogP contribution < -0.4 is 5.32 Å². The molecule has 0 aliphatic carbocycles. The van der Waals surface area contributed by atoms with Crippen LogP contribution in [0.2, 0.25) is 15.5 Å². The summed E-state index contributed by atoms with van der Waals surface area (Å²) in [5, 5.41) is 33.0. The maximum absolute atomic E-state index is 12.3. The van der Waals surface area contributed by atoms with Crippen LogP contribution in [0.15, 0.2) is 0 Å². The van der Waals surface area contributed by atoms with E-state index >= 15 is 0 Å². The first kappa shape index (κ1) is 21.8. The fourth-order valence-corrected chi connectivity index (χ4v) is 2.07. The van der Waals surface area contributed by atoms with Crippen molar-refractivity contribution in [3.8, 4) is 0 Å². The number of rotatable bonds is 5. The van der Waals surface area contributed by atoms with Crippen molar-refractivity contribution >= 4 is 60.8 Å². The van der Waals surface area contributed by atoms with Gasteiger partial charge in [0.1, 0.15) is 24.4 Å². The molecule has 0 bridgehead atoms. The van der Waals surface area contributed by atoms with E-state index in [-0.39, 0.29) is 0 Å². The predicted octanol–water partition coefficient (Wildman–Crippen LogP) is -5.61. The highest BCUT2D eigenvalue weighted by molar-refractivity contribution is 6.72. The summed E-state index contributed by atoms with van der Waals surface area (Å²) in [6.07, 6.45) is -6.42. The van der Waals surface area contributed by atoms with Crippen molar-refractivity contribution in [2.45, 2.75) is 46.2 Å². The Morgan fingerprint density at radius 3 is 1.92 bits per heavy atom. The molecular weight excluding hydrogens is 306 g/mol. The van der Waals surface area contributed by atoms with Crippen molar-refractivity contribution in [1.82, 2.24) is 5.32 Å². The van der Waals surface area contributed by atoms with Gasteiger partial charge in [-0.05, 0) is 5.21 Å². The Morgan fingerprint density at radius 1 is 1.00 bits per heavy atom. The van der Waals surface area contributed by atoms with E-state index in [1.165, 1.54) is 0 Å². The van der Waals surface area contributed by atoms with Gasteiger partial charge in [-0.15, -0.1) is 10.3 Å². The lowest BCUT2D eigenvalue weighted by Gasteiger charge is -2.54. The number of hydrogen-bond acceptors (Lipinski definition) is 6. The normalized spacial score (nSPS) is 32.2. The highest BCUT2D eigenvalue weighted by Crippen LogP contribution is 2.54. The van der Waals surface area contributed by atoms with Crippen molar-refractivity contribution in [3.05, 3.63) is 0 Å². The van der Waals surface area contributed by atoms with Gasteiger partial charge in [0.05, 0.1) is 38.0 Å². The average molecular weight is 318 g/mol. The van der Waals surface area contributed by atoms with E-state index in [9.17, 15) is 20.1 Å². The van der Waals surface area contributed by atoms with Gasteiger partial charge < -0.3 is 30.5 Å². The number of aliphatic hydroxyl groups excluding tert-OH is 4. The molecule has 1 aliphatic heterocycles. The molecule has 1 amide bonds. The Kier molecular flexibility index (Phi) is 6.49. The molecule has 14 radical (unpaired) electrons. The van der Waals surface area contributed by atoms with Crippen LogP contribution in [0.5, 0.6) is 0 Å². The number of ether oxygens (including phenoxy) is 1. The quantitative estimate of drug-likeness (QED) is 0.323. The Hall–Kier alpha value is -0.275. The number of hydrogen-bond donors (Lipinski definition) is 5. The van der Waals surface area contributed by atoms with Gasteiger partial charge in [0.15, 0.2) is 6.29 Å². The Morgan fingerprint density at radius 2 is 1.50 bits per heavy atom. The average Bonchev–Trinajstić information content (AvgIpc) is 2.45. The minimum atomic E-state index is -2.64. The summed E-state index contributed by atoms with van der Waals surface area (Å²) < 4.78 is 4.86. The van der Waals surface area contributed by atoms with Crippen molar-refractivity contribution in [1.29, 1.82) is 0 Å². The molecule has 7 nitrogen and oxygen atoms in total. The van der Waals surface area contributed by atoms with Crippen LogP contribution in [-0.2, 0) is 9.53 Å². The van der Waals surface area contributed by atoms with Crippen molar-refractivity contribution < 1.29 is 30.0 Å². The van der Waals surface area contributed by atoms with Gasteiger partial charge >= 0.3 is 0 Å². The lowest BCUT2D eigenvalue weighted by molar-refractivity contribution is -0.253. The van der Waals surface area contributed by atoms with Gasteiger partial charge in [0.25, 0.3) is 0 Å². The SMILES string of the molecule is [B]C([B])([B])C([B])([B])C([B])([B])C(=O)N[C@H]1C(O)O[C@H](CO)[C@@H](O)[C@@H]1O. The molecule has 1 heterocycles. The fourth-order valence-electron chi connectivity index (χ4n) is 2.07. The van der Waals surface area contributed by atoms with Gasteiger partial charge in [-0.25, -0.2) is 0 Å². The van der Waals surface area contributed by atoms with Gasteiger partial charge in [-0.3, -0.25) is 4.79 Å². The van der Waals surface area contributed by atoms with Crippen molar-refractivity contribution in [2.24, 2.45) is 0 Å². The van der Waals surface area contributed by atoms with Crippen LogP contribution >= 0.6 is 0 Å². The smallest absolute Gasteiger partial charge is 0.208 e. The molecule has 14 heteroatoms. The third-order valence-corrected chi connectivity index (χ3v) is 3.97. The Bertz CT molecular complexity index is 473. The van der Waals surface area contributed by atoms with Gasteiger partial charge in [0.2, 0.25) is 5.91 Å². The van der Waals surface area contributed by atoms with E-state index in [4.69, 9.17) is 64.8 Å². The zero-order valence-corrected chi connectivity index (χ0v) is 12.7. The minimum Gasteiger partial charge on any atom is -0.394 e. The minimum absolute atomic E-state index is 0.682. The standard InChI is InChI=1S/C10H12B7NO6/c11-8(12,9(13,14)10(15,16)17)7(23)18-3-5(21)4(20)2(1-19)24-6(3)22/h2-6,19-22H,1H2,(H,18,23)/t2-,3-,4-,5-,6?/m1/s1. The molecule has 0 aromatic rings. The second-order valence-electron chi connectivity index (χ2n) is 5.90. The molecule has 0 spiro atoms. The van der Waals surface area contributed by atoms with E-state index in [1.54, 1.807) is 0 Å². The van der Waals surface area contributed by atoms with E-state index in [0.717, 1.165) is 0 Å². The molecular formula is C10H12B7NO6. The van der Waals surface area contributed by atoms with Crippen LogP contribution in [0, 0.1) is 0 Å². The lowest BCUT2D eigenvalue weighted by Crippen LogP contribution is -2.65. The van der Waals surface area contributed by atoms with Gasteiger partial charge in [0, 0.05) is 23.5 Å². The molecule has 0 aromatic carbocycles. The molecule has 5 N–H and O–H groups in total. The second kappa shape index (κ2) is 7.15. The summed E-state index contributed by atoms with van der Waals surface area (Å²) in [6, 6.07) is -1.57. The van der Waals surface area contributed by atoms with E-state index in [0.29, 0.717) is 0 Å². The highest BCUT2D eigenvalue weighted by atomic mass is 16.6. The number of carbonyl (C=O) groups excluding carboxylic acids is 1. The summed E-state index contributed by atoms with van der Waals surface area (Å²) in [5.41, 5.74) is 0. The van der Waals surface area contributed by atoms with E-state index in [1.807, 2.05) is 5.32 Å². The van der Waals surface area contributed by atoms with Crippen LogP contribution in [0.1, 0.15) is 0 Å². The first-order valence-corrected chi connectivity index (χ1v) is 6.82. The number of carbonyl (C=O) groups is 1. The van der Waals surface area contributed by atoms with Crippen molar-refractivity contribution in [3.63, 3.8) is 0 Å². The molecule has 1 fully saturated rings. The second-order valence-corrected chi connectivity index (χ2v) is 5.90. The predicted molar refractivity (Wildman–Crippen MR) is 90.3 cm³/mol. The molecule has 1 aliphatic rings. The highest BCUT2D eigenvalue weighted by Gasteiger charge is 2.49. The summed E-state index contributed by atoms with van der Waals surface area (Å²) in [4.78, 5) is 12.3. The van der Waals surface area contributed by atoms with Crippen LogP contribution in [0.25, 0.3) is 0 Å². The summed E-state index contributed by atoms with van der Waals surface area (Å²) in [5.74, 6) is -1.29. The number of amides is 1. The summed E-state index contributed by atoms with van der Waals surface area (Å²) in [7, 11) is 38.4. The zero-order chi connectivity index (χ0) is 19.1. The van der Waals surface area contributed by atoms with Crippen LogP contribution in [-0.4, -0.2) is 119 Å². The Balaban J connectivity index is 2.98. The molecule has 0 saturated carbocycles. The fraction of sp³-hybridized carbons (Fsp3) is 0.900. The summed E-state index contributed by atoms with van der Waals surface area (Å²) in [6.45, 7) is -0.682. The van der Waals surface area contributed by atoms with Gasteiger partial charge in [-0.2, -0.15) is 0 Å². The summed E-state index contributed by atoms with van der Waals surface area (Å²) >= 11 is 0. The van der Waals surface area contributed by atoms with E-state index in [2.05, 4.69) is 0 Å². The molecule has 5 atom stereocenters. The molecule has 1 saturated heterocycles. The zero-order valence-electron chi connectivity index (χ0n) is 12.7. The third kappa shape index (κ3) is 3.77. The van der Waals surface area contributed by atoms with Crippen molar-refractivity contribution in [2.75, 3.05) is 6.61 Å². The maximum atomic E-state index is 12.3. The molecule has 1 rings (SSSR count). The topological polar surface area (TPSA) is 119 Å². The first-order valence-electron chi connectivity index (χ1n) is 6.82. The molecule has 0 aromatic heterocycles. The number of nitrogens with one attached hydrogen (secondary N) is 1. The molecule has 24 heavy (non-hydrogen) atoms. The van der Waals surface area contributed by atoms with Gasteiger partial charge in [-0.1, -0.05) is 0 Å². The Labute approximate surface area is 149 Å². The van der Waals surface area contributed by atoms with Crippen LogP contribution in [0.3, 0.4) is 0 Å².